The van der Waals surface area contributed by atoms with Crippen molar-refractivity contribution in [2.24, 2.45) is 0 Å². The van der Waals surface area contributed by atoms with Gasteiger partial charge in [-0.25, -0.2) is 0 Å². The molecule has 0 bridgehead atoms. The van der Waals surface area contributed by atoms with E-state index in [2.05, 4.69) is 88.0 Å². The van der Waals surface area contributed by atoms with E-state index in [9.17, 15) is 0 Å². The van der Waals surface area contributed by atoms with Gasteiger partial charge in [0, 0.05) is 23.8 Å². The van der Waals surface area contributed by atoms with Crippen molar-refractivity contribution in [2.75, 3.05) is 16.5 Å². The zero-order valence-electron chi connectivity index (χ0n) is 15.8. The van der Waals surface area contributed by atoms with Crippen molar-refractivity contribution in [3.8, 4) is 0 Å². The third-order valence-electron chi connectivity index (χ3n) is 4.90. The van der Waals surface area contributed by atoms with E-state index in [1.54, 1.807) is 0 Å². The summed E-state index contributed by atoms with van der Waals surface area (Å²) < 4.78 is 0. The molecule has 0 spiro atoms. The minimum atomic E-state index is 0.873. The van der Waals surface area contributed by atoms with Crippen molar-refractivity contribution in [3.63, 3.8) is 0 Å². The molecule has 1 aliphatic heterocycles. The fourth-order valence-corrected chi connectivity index (χ4v) is 4.04. The van der Waals surface area contributed by atoms with Gasteiger partial charge in [-0.1, -0.05) is 36.8 Å². The average Bonchev–Trinajstić information content (AvgIpc) is 2.94. The number of rotatable bonds is 3. The van der Waals surface area contributed by atoms with Crippen molar-refractivity contribution < 1.29 is 0 Å². The standard InChI is InChI=1S/C22H28N2/c1-7-20-12-18(5)22(19(6)13-20)24-9-8-23(14-24)21-16(3)10-15(2)11-17(21)4/h8-13H,7,14H2,1-6H3. The Morgan fingerprint density at radius 2 is 1.12 bits per heavy atom. The van der Waals surface area contributed by atoms with Gasteiger partial charge in [-0.15, -0.1) is 0 Å². The molecule has 2 nitrogen and oxygen atoms in total. The first-order valence-electron chi connectivity index (χ1n) is 8.80. The maximum Gasteiger partial charge on any atom is 0.0989 e. The number of hydrogen-bond acceptors (Lipinski definition) is 2. The van der Waals surface area contributed by atoms with Crippen LogP contribution in [0.5, 0.6) is 0 Å². The first-order chi connectivity index (χ1) is 11.4. The number of benzene rings is 2. The van der Waals surface area contributed by atoms with Crippen LogP contribution in [0, 0.1) is 34.6 Å². The predicted molar refractivity (Wildman–Crippen MR) is 105 cm³/mol. The summed E-state index contributed by atoms with van der Waals surface area (Å²) in [6.45, 7) is 14.1. The molecule has 24 heavy (non-hydrogen) atoms. The number of nitrogens with zero attached hydrogens (tertiary/aromatic N) is 2. The van der Waals surface area contributed by atoms with E-state index < -0.39 is 0 Å². The first kappa shape index (κ1) is 16.6. The Labute approximate surface area is 146 Å². The van der Waals surface area contributed by atoms with E-state index >= 15 is 0 Å². The van der Waals surface area contributed by atoms with Gasteiger partial charge in [0.1, 0.15) is 0 Å². The van der Waals surface area contributed by atoms with Crippen molar-refractivity contribution in [3.05, 3.63) is 70.0 Å². The molecule has 1 aliphatic rings. The zero-order valence-corrected chi connectivity index (χ0v) is 15.8. The van der Waals surface area contributed by atoms with Crippen LogP contribution in [0.4, 0.5) is 11.4 Å². The molecule has 0 atom stereocenters. The molecule has 3 rings (SSSR count). The Morgan fingerprint density at radius 3 is 1.54 bits per heavy atom. The molecular formula is C22H28N2. The molecular weight excluding hydrogens is 292 g/mol. The quantitative estimate of drug-likeness (QED) is 0.732. The third kappa shape index (κ3) is 2.93. The SMILES string of the molecule is CCc1cc(C)c(N2C=CN(c3c(C)cc(C)cc3C)C2)c(C)c1. The Hall–Kier alpha value is -2.22. The molecule has 1 heterocycles. The second-order valence-electron chi connectivity index (χ2n) is 7.06. The van der Waals surface area contributed by atoms with Gasteiger partial charge in [-0.05, 0) is 68.9 Å². The topological polar surface area (TPSA) is 6.48 Å². The molecule has 2 aromatic carbocycles. The van der Waals surface area contributed by atoms with Gasteiger partial charge in [0.2, 0.25) is 0 Å². The summed E-state index contributed by atoms with van der Waals surface area (Å²) in [5.74, 6) is 0. The Morgan fingerprint density at radius 1 is 0.708 bits per heavy atom. The lowest BCUT2D eigenvalue weighted by molar-refractivity contribution is 0.952. The first-order valence-corrected chi connectivity index (χ1v) is 8.80. The molecule has 126 valence electrons. The molecule has 0 amide bonds. The normalized spacial score (nSPS) is 13.9. The highest BCUT2D eigenvalue weighted by atomic mass is 15.3. The minimum absolute atomic E-state index is 0.873. The van der Waals surface area contributed by atoms with Crippen molar-refractivity contribution in [2.45, 2.75) is 48.0 Å². The van der Waals surface area contributed by atoms with Crippen LogP contribution in [0.15, 0.2) is 36.7 Å². The Kier molecular flexibility index (Phi) is 4.40. The molecule has 0 saturated heterocycles. The van der Waals surface area contributed by atoms with Gasteiger partial charge in [0.05, 0.1) is 6.67 Å². The lowest BCUT2D eigenvalue weighted by Gasteiger charge is -2.27. The highest BCUT2D eigenvalue weighted by molar-refractivity contribution is 5.69. The third-order valence-corrected chi connectivity index (χ3v) is 4.90. The molecule has 0 aromatic heterocycles. The van der Waals surface area contributed by atoms with Crippen LogP contribution in [0.1, 0.15) is 40.3 Å². The van der Waals surface area contributed by atoms with Crippen molar-refractivity contribution in [1.29, 1.82) is 0 Å². The molecule has 0 radical (unpaired) electrons. The number of hydrogen-bond donors (Lipinski definition) is 0. The van der Waals surface area contributed by atoms with Gasteiger partial charge >= 0.3 is 0 Å². The summed E-state index contributed by atoms with van der Waals surface area (Å²) in [6.07, 6.45) is 5.50. The largest absolute Gasteiger partial charge is 0.328 e. The van der Waals surface area contributed by atoms with Crippen LogP contribution in [0.25, 0.3) is 0 Å². The smallest absolute Gasteiger partial charge is 0.0989 e. The molecule has 2 aromatic rings. The minimum Gasteiger partial charge on any atom is -0.328 e. The van der Waals surface area contributed by atoms with Crippen LogP contribution in [0.3, 0.4) is 0 Å². The monoisotopic (exact) mass is 320 g/mol. The predicted octanol–water partition coefficient (Wildman–Crippen LogP) is 5.55. The summed E-state index contributed by atoms with van der Waals surface area (Å²) in [6, 6.07) is 9.18. The summed E-state index contributed by atoms with van der Waals surface area (Å²) in [7, 11) is 0. The van der Waals surface area contributed by atoms with Gasteiger partial charge in [0.25, 0.3) is 0 Å². The van der Waals surface area contributed by atoms with Crippen LogP contribution < -0.4 is 9.80 Å². The lowest BCUT2D eigenvalue weighted by Crippen LogP contribution is -2.26. The highest BCUT2D eigenvalue weighted by Crippen LogP contribution is 2.33. The van der Waals surface area contributed by atoms with Crippen LogP contribution >= 0.6 is 0 Å². The molecule has 0 fully saturated rings. The zero-order chi connectivity index (χ0) is 17.4. The van der Waals surface area contributed by atoms with Crippen molar-refractivity contribution >= 4 is 11.4 Å². The van der Waals surface area contributed by atoms with E-state index in [0.717, 1.165) is 13.1 Å². The number of aryl methyl sites for hydroxylation is 6. The fourth-order valence-electron chi connectivity index (χ4n) is 4.04. The maximum atomic E-state index is 2.36. The average molecular weight is 320 g/mol. The fraction of sp³-hybridized carbons (Fsp3) is 0.364. The van der Waals surface area contributed by atoms with Gasteiger partial charge in [0.15, 0.2) is 0 Å². The summed E-state index contributed by atoms with van der Waals surface area (Å²) >= 11 is 0. The van der Waals surface area contributed by atoms with Gasteiger partial charge in [-0.3, -0.25) is 0 Å². The molecule has 0 saturated carbocycles. The number of anilines is 2. The summed E-state index contributed by atoms with van der Waals surface area (Å²) in [4.78, 5) is 4.72. The Bertz CT molecular complexity index is 756. The van der Waals surface area contributed by atoms with Crippen molar-refractivity contribution in [1.82, 2.24) is 0 Å². The molecule has 0 aliphatic carbocycles. The van der Waals surface area contributed by atoms with Crippen LogP contribution in [-0.4, -0.2) is 6.67 Å². The van der Waals surface area contributed by atoms with E-state index in [-0.39, 0.29) is 0 Å². The van der Waals surface area contributed by atoms with E-state index in [1.165, 1.54) is 44.8 Å². The summed E-state index contributed by atoms with van der Waals surface area (Å²) in [5, 5.41) is 0. The van der Waals surface area contributed by atoms with Crippen LogP contribution in [0.2, 0.25) is 0 Å². The molecule has 0 N–H and O–H groups in total. The van der Waals surface area contributed by atoms with Gasteiger partial charge < -0.3 is 9.80 Å². The van der Waals surface area contributed by atoms with E-state index in [1.807, 2.05) is 0 Å². The van der Waals surface area contributed by atoms with E-state index in [0.29, 0.717) is 0 Å². The van der Waals surface area contributed by atoms with E-state index in [4.69, 9.17) is 0 Å². The molecule has 2 heteroatoms. The summed E-state index contributed by atoms with van der Waals surface area (Å²) in [5.41, 5.74) is 10.8. The molecule has 0 unspecified atom stereocenters. The Balaban J connectivity index is 1.91. The van der Waals surface area contributed by atoms with Gasteiger partial charge in [-0.2, -0.15) is 0 Å². The highest BCUT2D eigenvalue weighted by Gasteiger charge is 2.21. The maximum absolute atomic E-state index is 2.36. The van der Waals surface area contributed by atoms with Crippen LogP contribution in [-0.2, 0) is 6.42 Å². The second kappa shape index (κ2) is 6.35. The second-order valence-corrected chi connectivity index (χ2v) is 7.06. The lowest BCUT2D eigenvalue weighted by atomic mass is 10.0.